The first-order chi connectivity index (χ1) is 12.9. The molecule has 0 aromatic heterocycles. The van der Waals surface area contributed by atoms with E-state index in [2.05, 4.69) is 18.7 Å². The topological polar surface area (TPSA) is 59.0 Å². The Morgan fingerprint density at radius 2 is 2.22 bits per heavy atom. The van der Waals surface area contributed by atoms with Crippen molar-refractivity contribution in [2.45, 2.75) is 45.8 Å². The van der Waals surface area contributed by atoms with E-state index in [9.17, 15) is 9.90 Å². The molecule has 1 unspecified atom stereocenters. The molecule has 1 aromatic rings. The predicted molar refractivity (Wildman–Crippen MR) is 105 cm³/mol. The van der Waals surface area contributed by atoms with Gasteiger partial charge in [0.2, 0.25) is 0 Å². The smallest absolute Gasteiger partial charge is 0.306 e. The van der Waals surface area contributed by atoms with Gasteiger partial charge in [-0.05, 0) is 55.8 Å². The van der Waals surface area contributed by atoms with Crippen molar-refractivity contribution in [3.05, 3.63) is 28.8 Å². The molecular formula is C21H30ClNO4. The van der Waals surface area contributed by atoms with Gasteiger partial charge in [-0.25, -0.2) is 0 Å². The van der Waals surface area contributed by atoms with Crippen molar-refractivity contribution in [3.63, 3.8) is 0 Å². The van der Waals surface area contributed by atoms with Crippen LogP contribution in [0.1, 0.15) is 38.7 Å². The fourth-order valence-corrected chi connectivity index (χ4v) is 4.38. The van der Waals surface area contributed by atoms with Crippen LogP contribution in [-0.4, -0.2) is 48.4 Å². The number of nitrogens with zero attached hydrogens (tertiary/aromatic N) is 1. The highest BCUT2D eigenvalue weighted by Crippen LogP contribution is 2.32. The maximum absolute atomic E-state index is 11.6. The summed E-state index contributed by atoms with van der Waals surface area (Å²) in [5.74, 6) is 0.416. The van der Waals surface area contributed by atoms with E-state index in [1.165, 1.54) is 0 Å². The maximum atomic E-state index is 11.6. The highest BCUT2D eigenvalue weighted by molar-refractivity contribution is 6.30. The molecule has 0 spiro atoms. The summed E-state index contributed by atoms with van der Waals surface area (Å²) < 4.78 is 11.7. The van der Waals surface area contributed by atoms with Gasteiger partial charge in [-0.1, -0.05) is 25.4 Å². The summed E-state index contributed by atoms with van der Waals surface area (Å²) in [6.07, 6.45) is 2.99. The van der Waals surface area contributed by atoms with Gasteiger partial charge in [0.15, 0.2) is 0 Å². The molecule has 3 rings (SSSR count). The molecule has 2 aliphatic rings. The van der Waals surface area contributed by atoms with Gasteiger partial charge in [0.05, 0.1) is 12.0 Å². The molecule has 2 aliphatic heterocycles. The van der Waals surface area contributed by atoms with Crippen LogP contribution in [-0.2, 0) is 16.1 Å². The zero-order chi connectivity index (χ0) is 19.4. The van der Waals surface area contributed by atoms with Gasteiger partial charge >= 0.3 is 5.97 Å². The number of hydrogen-bond donors (Lipinski definition) is 1. The Kier molecular flexibility index (Phi) is 7.01. The molecule has 0 radical (unpaired) electrons. The summed E-state index contributed by atoms with van der Waals surface area (Å²) in [6, 6.07) is 5.74. The van der Waals surface area contributed by atoms with Gasteiger partial charge in [0.1, 0.15) is 12.4 Å². The molecule has 2 heterocycles. The van der Waals surface area contributed by atoms with Crippen LogP contribution in [0.15, 0.2) is 18.2 Å². The van der Waals surface area contributed by atoms with E-state index >= 15 is 0 Å². The van der Waals surface area contributed by atoms with Crippen molar-refractivity contribution in [1.29, 1.82) is 0 Å². The lowest BCUT2D eigenvalue weighted by atomic mass is 9.78. The number of rotatable bonds is 7. The summed E-state index contributed by atoms with van der Waals surface area (Å²) in [6.45, 7) is 7.88. The molecular weight excluding hydrogens is 366 g/mol. The first kappa shape index (κ1) is 20.4. The Hall–Kier alpha value is -1.30. The summed E-state index contributed by atoms with van der Waals surface area (Å²) >= 11 is 6.23. The zero-order valence-corrected chi connectivity index (χ0v) is 17.0. The van der Waals surface area contributed by atoms with Crippen molar-refractivity contribution < 1.29 is 19.4 Å². The maximum Gasteiger partial charge on any atom is 0.306 e. The third-order valence-corrected chi connectivity index (χ3v) is 6.02. The monoisotopic (exact) mass is 395 g/mol. The molecule has 0 amide bonds. The number of hydrogen-bond acceptors (Lipinski definition) is 4. The Morgan fingerprint density at radius 3 is 2.89 bits per heavy atom. The zero-order valence-electron chi connectivity index (χ0n) is 16.2. The summed E-state index contributed by atoms with van der Waals surface area (Å²) in [4.78, 5) is 13.9. The summed E-state index contributed by atoms with van der Waals surface area (Å²) in [5, 5.41) is 10.2. The molecule has 0 saturated carbocycles. The van der Waals surface area contributed by atoms with Crippen LogP contribution in [0.4, 0.5) is 0 Å². The van der Waals surface area contributed by atoms with Crippen molar-refractivity contribution >= 4 is 17.6 Å². The van der Waals surface area contributed by atoms with E-state index in [0.29, 0.717) is 24.0 Å². The fourth-order valence-electron chi connectivity index (χ4n) is 4.19. The van der Waals surface area contributed by atoms with E-state index in [-0.39, 0.29) is 17.9 Å². The molecule has 1 aromatic carbocycles. The standard InChI is InChI=1S/C21H30ClNO4/c1-14(2)19-12-23(8-7-18(19)21(24)25)11-15-10-16(22)5-6-20(15)27-13-17-4-3-9-26-17/h5-6,10,14,17-19H,3-4,7-9,11-13H2,1-2H3,(H,24,25)/t17?,18-,19-/m0/s1. The van der Waals surface area contributed by atoms with Crippen LogP contribution in [0.3, 0.4) is 0 Å². The number of likely N-dealkylation sites (tertiary alicyclic amines) is 1. The Balaban J connectivity index is 1.67. The molecule has 27 heavy (non-hydrogen) atoms. The van der Waals surface area contributed by atoms with E-state index in [1.54, 1.807) is 0 Å². The third kappa shape index (κ3) is 5.37. The predicted octanol–water partition coefficient (Wildman–Crippen LogP) is 4.08. The largest absolute Gasteiger partial charge is 0.491 e. The molecule has 1 N–H and O–H groups in total. The highest BCUT2D eigenvalue weighted by Gasteiger charge is 2.35. The molecule has 5 nitrogen and oxygen atoms in total. The summed E-state index contributed by atoms with van der Waals surface area (Å²) in [7, 11) is 0. The molecule has 0 bridgehead atoms. The van der Waals surface area contributed by atoms with Gasteiger partial charge in [-0.3, -0.25) is 9.69 Å². The summed E-state index contributed by atoms with van der Waals surface area (Å²) in [5.41, 5.74) is 1.05. The Morgan fingerprint density at radius 1 is 1.41 bits per heavy atom. The van der Waals surface area contributed by atoms with Crippen molar-refractivity contribution in [3.8, 4) is 5.75 Å². The van der Waals surface area contributed by atoms with E-state index in [0.717, 1.165) is 50.4 Å². The molecule has 6 heteroatoms. The number of benzene rings is 1. The number of piperidine rings is 1. The number of halogens is 1. The number of ether oxygens (including phenoxy) is 2. The van der Waals surface area contributed by atoms with Gasteiger partial charge in [0.25, 0.3) is 0 Å². The van der Waals surface area contributed by atoms with E-state index in [1.807, 2.05) is 18.2 Å². The number of carboxylic acid groups (broad SMARTS) is 1. The quantitative estimate of drug-likeness (QED) is 0.753. The van der Waals surface area contributed by atoms with Gasteiger partial charge in [-0.15, -0.1) is 0 Å². The third-order valence-electron chi connectivity index (χ3n) is 5.78. The van der Waals surface area contributed by atoms with Crippen molar-refractivity contribution in [1.82, 2.24) is 4.90 Å². The first-order valence-electron chi connectivity index (χ1n) is 9.92. The average Bonchev–Trinajstić information content (AvgIpc) is 3.14. The van der Waals surface area contributed by atoms with Crippen LogP contribution in [0, 0.1) is 17.8 Å². The van der Waals surface area contributed by atoms with Crippen LogP contribution >= 0.6 is 11.6 Å². The fraction of sp³-hybridized carbons (Fsp3) is 0.667. The Bertz CT molecular complexity index is 645. The second kappa shape index (κ2) is 9.26. The lowest BCUT2D eigenvalue weighted by Crippen LogP contribution is -2.44. The SMILES string of the molecule is CC(C)[C@@H]1CN(Cc2cc(Cl)ccc2OCC2CCCO2)CC[C@@H]1C(=O)O. The minimum Gasteiger partial charge on any atom is -0.491 e. The molecule has 0 aliphatic carbocycles. The number of carboxylic acids is 1. The number of aliphatic carboxylic acids is 1. The Labute approximate surface area is 166 Å². The van der Waals surface area contributed by atoms with Gasteiger partial charge in [0, 0.05) is 30.3 Å². The van der Waals surface area contributed by atoms with E-state index < -0.39 is 5.97 Å². The molecule has 150 valence electrons. The van der Waals surface area contributed by atoms with Crippen molar-refractivity contribution in [2.24, 2.45) is 17.8 Å². The highest BCUT2D eigenvalue weighted by atomic mass is 35.5. The first-order valence-corrected chi connectivity index (χ1v) is 10.3. The van der Waals surface area contributed by atoms with Gasteiger partial charge < -0.3 is 14.6 Å². The molecule has 2 saturated heterocycles. The van der Waals surface area contributed by atoms with Crippen LogP contribution in [0.25, 0.3) is 0 Å². The molecule has 3 atom stereocenters. The average molecular weight is 396 g/mol. The van der Waals surface area contributed by atoms with E-state index in [4.69, 9.17) is 21.1 Å². The van der Waals surface area contributed by atoms with Crippen molar-refractivity contribution in [2.75, 3.05) is 26.3 Å². The number of carbonyl (C=O) groups is 1. The molecule has 2 fully saturated rings. The lowest BCUT2D eigenvalue weighted by Gasteiger charge is -2.39. The minimum atomic E-state index is -0.670. The second-order valence-electron chi connectivity index (χ2n) is 8.07. The minimum absolute atomic E-state index is 0.159. The van der Waals surface area contributed by atoms with Gasteiger partial charge in [-0.2, -0.15) is 0 Å². The lowest BCUT2D eigenvalue weighted by molar-refractivity contribution is -0.146. The van der Waals surface area contributed by atoms with Crippen LogP contribution in [0.5, 0.6) is 5.75 Å². The second-order valence-corrected chi connectivity index (χ2v) is 8.51. The normalized spacial score (nSPS) is 26.4. The van der Waals surface area contributed by atoms with Crippen LogP contribution < -0.4 is 4.74 Å². The van der Waals surface area contributed by atoms with Crippen LogP contribution in [0.2, 0.25) is 5.02 Å².